The van der Waals surface area contributed by atoms with Crippen LogP contribution in [0.5, 0.6) is 0 Å². The molecule has 2 fully saturated rings. The molecule has 30 heavy (non-hydrogen) atoms. The number of carbonyl (C=O) groups excluding carboxylic acids is 4. The number of amides is 5. The lowest BCUT2D eigenvalue weighted by atomic mass is 9.76. The van der Waals surface area contributed by atoms with E-state index in [1.807, 2.05) is 0 Å². The van der Waals surface area contributed by atoms with Crippen molar-refractivity contribution in [1.29, 1.82) is 0 Å². The predicted molar refractivity (Wildman–Crippen MR) is 106 cm³/mol. The maximum absolute atomic E-state index is 13.7. The number of halogens is 1. The highest BCUT2D eigenvalue weighted by Crippen LogP contribution is 2.35. The molecular weight excluding hydrogens is 395 g/mol. The van der Waals surface area contributed by atoms with Gasteiger partial charge in [0.25, 0.3) is 5.91 Å². The van der Waals surface area contributed by atoms with Crippen molar-refractivity contribution >= 4 is 35.3 Å². The Morgan fingerprint density at radius 2 is 1.80 bits per heavy atom. The quantitative estimate of drug-likeness (QED) is 0.560. The molecule has 1 aliphatic heterocycles. The van der Waals surface area contributed by atoms with Crippen molar-refractivity contribution in [1.82, 2.24) is 10.6 Å². The van der Waals surface area contributed by atoms with Gasteiger partial charge in [-0.3, -0.25) is 20.2 Å². The van der Waals surface area contributed by atoms with Gasteiger partial charge >= 0.3 is 12.1 Å². The van der Waals surface area contributed by atoms with Gasteiger partial charge in [0.15, 0.2) is 0 Å². The molecule has 1 spiro atoms. The average Bonchev–Trinajstić information content (AvgIpc) is 2.89. The van der Waals surface area contributed by atoms with Crippen LogP contribution >= 0.6 is 0 Å². The SMILES string of the molecule is CC(C)(C)OC(=O)Nc1ccc(F)cc1NC(=O)C1CCC2(CC1)NC(=O)NC2=O. The first-order valence-electron chi connectivity index (χ1n) is 9.71. The molecule has 0 aromatic heterocycles. The van der Waals surface area contributed by atoms with Gasteiger partial charge in [-0.15, -0.1) is 0 Å². The van der Waals surface area contributed by atoms with Gasteiger partial charge in [-0.25, -0.2) is 14.0 Å². The minimum atomic E-state index is -0.962. The van der Waals surface area contributed by atoms with Crippen LogP contribution in [0.25, 0.3) is 0 Å². The van der Waals surface area contributed by atoms with Crippen LogP contribution in [0.15, 0.2) is 18.2 Å². The molecule has 9 nitrogen and oxygen atoms in total. The summed E-state index contributed by atoms with van der Waals surface area (Å²) in [7, 11) is 0. The summed E-state index contributed by atoms with van der Waals surface area (Å²) < 4.78 is 18.9. The number of carbonyl (C=O) groups is 4. The van der Waals surface area contributed by atoms with Crippen LogP contribution in [0, 0.1) is 11.7 Å². The van der Waals surface area contributed by atoms with E-state index in [1.54, 1.807) is 20.8 Å². The smallest absolute Gasteiger partial charge is 0.412 e. The second-order valence-corrected chi connectivity index (χ2v) is 8.57. The van der Waals surface area contributed by atoms with Gasteiger partial charge in [0.05, 0.1) is 11.4 Å². The number of hydrogen-bond acceptors (Lipinski definition) is 5. The van der Waals surface area contributed by atoms with E-state index in [4.69, 9.17) is 4.74 Å². The predicted octanol–water partition coefficient (Wildman–Crippen LogP) is 2.88. The first-order valence-corrected chi connectivity index (χ1v) is 9.71. The minimum absolute atomic E-state index is 0.109. The highest BCUT2D eigenvalue weighted by molar-refractivity contribution is 6.07. The summed E-state index contributed by atoms with van der Waals surface area (Å²) in [5, 5.41) is 10.0. The summed E-state index contributed by atoms with van der Waals surface area (Å²) in [6.45, 7) is 5.13. The zero-order chi connectivity index (χ0) is 22.1. The fourth-order valence-corrected chi connectivity index (χ4v) is 3.63. The molecular formula is C20H25FN4O5. The summed E-state index contributed by atoms with van der Waals surface area (Å²) in [6.07, 6.45) is 0.684. The van der Waals surface area contributed by atoms with E-state index < -0.39 is 35.0 Å². The van der Waals surface area contributed by atoms with Crippen LogP contribution in [-0.2, 0) is 14.3 Å². The van der Waals surface area contributed by atoms with E-state index in [2.05, 4.69) is 21.3 Å². The van der Waals surface area contributed by atoms with Crippen LogP contribution < -0.4 is 21.3 Å². The lowest BCUT2D eigenvalue weighted by Crippen LogP contribution is -2.50. The zero-order valence-electron chi connectivity index (χ0n) is 17.1. The van der Waals surface area contributed by atoms with Crippen molar-refractivity contribution in [2.75, 3.05) is 10.6 Å². The molecule has 0 atom stereocenters. The lowest BCUT2D eigenvalue weighted by Gasteiger charge is -2.34. The van der Waals surface area contributed by atoms with Crippen molar-refractivity contribution in [3.8, 4) is 0 Å². The number of ether oxygens (including phenoxy) is 1. The number of anilines is 2. The molecule has 4 N–H and O–H groups in total. The maximum Gasteiger partial charge on any atom is 0.412 e. The number of imide groups is 1. The average molecular weight is 420 g/mol. The second-order valence-electron chi connectivity index (χ2n) is 8.57. The van der Waals surface area contributed by atoms with E-state index in [0.29, 0.717) is 25.7 Å². The molecule has 162 valence electrons. The molecule has 1 saturated carbocycles. The Morgan fingerprint density at radius 1 is 1.13 bits per heavy atom. The lowest BCUT2D eigenvalue weighted by molar-refractivity contribution is -0.128. The molecule has 1 aliphatic carbocycles. The summed E-state index contributed by atoms with van der Waals surface area (Å²) in [4.78, 5) is 48.2. The normalized spacial score (nSPS) is 23.5. The Morgan fingerprint density at radius 3 is 2.37 bits per heavy atom. The molecule has 2 aliphatic rings. The molecule has 10 heteroatoms. The van der Waals surface area contributed by atoms with Gasteiger partial charge in [0.1, 0.15) is 17.0 Å². The monoisotopic (exact) mass is 420 g/mol. The molecule has 0 bridgehead atoms. The Labute approximate surface area is 173 Å². The molecule has 0 unspecified atom stereocenters. The minimum Gasteiger partial charge on any atom is -0.444 e. The van der Waals surface area contributed by atoms with E-state index in [1.165, 1.54) is 6.07 Å². The van der Waals surface area contributed by atoms with Crippen molar-refractivity contribution in [2.45, 2.75) is 57.6 Å². The van der Waals surface area contributed by atoms with Crippen molar-refractivity contribution < 1.29 is 28.3 Å². The molecule has 1 saturated heterocycles. The maximum atomic E-state index is 13.7. The Kier molecular flexibility index (Phi) is 5.69. The van der Waals surface area contributed by atoms with E-state index in [9.17, 15) is 23.6 Å². The third-order valence-electron chi connectivity index (χ3n) is 5.10. The van der Waals surface area contributed by atoms with Crippen molar-refractivity contribution in [3.63, 3.8) is 0 Å². The molecule has 1 heterocycles. The van der Waals surface area contributed by atoms with Crippen LogP contribution in [0.2, 0.25) is 0 Å². The van der Waals surface area contributed by atoms with Crippen LogP contribution in [0.3, 0.4) is 0 Å². The molecule has 0 radical (unpaired) electrons. The molecule has 1 aromatic rings. The summed E-state index contributed by atoms with van der Waals surface area (Å²) in [5.41, 5.74) is -1.37. The number of urea groups is 1. The van der Waals surface area contributed by atoms with E-state index in [-0.39, 0.29) is 23.2 Å². The third-order valence-corrected chi connectivity index (χ3v) is 5.10. The topological polar surface area (TPSA) is 126 Å². The number of nitrogens with one attached hydrogen (secondary N) is 4. The highest BCUT2D eigenvalue weighted by Gasteiger charge is 2.48. The van der Waals surface area contributed by atoms with Gasteiger partial charge in [0, 0.05) is 5.92 Å². The standard InChI is InChI=1S/C20H25FN4O5/c1-19(2,3)30-18(29)23-13-5-4-12(21)10-14(13)22-15(26)11-6-8-20(9-7-11)16(27)24-17(28)25-20/h4-5,10-11H,6-9H2,1-3H3,(H,22,26)(H,23,29)(H2,24,25,27,28). The number of benzene rings is 1. The second kappa shape index (κ2) is 7.92. The van der Waals surface area contributed by atoms with Crippen LogP contribution in [0.1, 0.15) is 46.5 Å². The Bertz CT molecular complexity index is 888. The molecule has 1 aromatic carbocycles. The van der Waals surface area contributed by atoms with Gasteiger partial charge in [0.2, 0.25) is 5.91 Å². The molecule has 3 rings (SSSR count). The fraction of sp³-hybridized carbons (Fsp3) is 0.500. The van der Waals surface area contributed by atoms with Crippen molar-refractivity contribution in [2.24, 2.45) is 5.92 Å². The van der Waals surface area contributed by atoms with Gasteiger partial charge < -0.3 is 15.4 Å². The summed E-state index contributed by atoms with van der Waals surface area (Å²) >= 11 is 0. The van der Waals surface area contributed by atoms with Crippen molar-refractivity contribution in [3.05, 3.63) is 24.0 Å². The first kappa shape index (κ1) is 21.5. The van der Waals surface area contributed by atoms with Crippen LogP contribution in [-0.4, -0.2) is 35.1 Å². The Hall–Kier alpha value is -3.17. The summed E-state index contributed by atoms with van der Waals surface area (Å²) in [6, 6.07) is 3.08. The zero-order valence-corrected chi connectivity index (χ0v) is 17.1. The fourth-order valence-electron chi connectivity index (χ4n) is 3.63. The largest absolute Gasteiger partial charge is 0.444 e. The van der Waals surface area contributed by atoms with Crippen LogP contribution in [0.4, 0.5) is 25.4 Å². The summed E-state index contributed by atoms with van der Waals surface area (Å²) in [5.74, 6) is -1.72. The van der Waals surface area contributed by atoms with Gasteiger partial charge in [-0.2, -0.15) is 0 Å². The third kappa shape index (κ3) is 4.87. The highest BCUT2D eigenvalue weighted by atomic mass is 19.1. The number of hydrogen-bond donors (Lipinski definition) is 4. The van der Waals surface area contributed by atoms with E-state index >= 15 is 0 Å². The van der Waals surface area contributed by atoms with Gasteiger partial charge in [-0.05, 0) is 64.7 Å². The molecule has 5 amide bonds. The van der Waals surface area contributed by atoms with Gasteiger partial charge in [-0.1, -0.05) is 0 Å². The Balaban J connectivity index is 1.65. The first-order chi connectivity index (χ1) is 14.0. The van der Waals surface area contributed by atoms with E-state index in [0.717, 1.165) is 12.1 Å². The number of rotatable bonds is 3.